The van der Waals surface area contributed by atoms with Gasteiger partial charge in [-0.25, -0.2) is 8.42 Å². The number of benzene rings is 2. The first-order chi connectivity index (χ1) is 15.2. The van der Waals surface area contributed by atoms with E-state index in [-0.39, 0.29) is 11.5 Å². The van der Waals surface area contributed by atoms with Gasteiger partial charge in [-0.2, -0.15) is 0 Å². The maximum absolute atomic E-state index is 12.9. The molecule has 168 valence electrons. The van der Waals surface area contributed by atoms with Crippen molar-refractivity contribution in [3.63, 3.8) is 0 Å². The molecule has 2 aromatic carbocycles. The smallest absolute Gasteiger partial charge is 0.502 e. The quantitative estimate of drug-likeness (QED) is 0.515. The maximum Gasteiger partial charge on any atom is 0.518 e. The van der Waals surface area contributed by atoms with Crippen LogP contribution in [0.25, 0.3) is 4.98 Å². The molecule has 4 unspecified atom stereocenters. The molecule has 0 saturated carbocycles. The summed E-state index contributed by atoms with van der Waals surface area (Å²) < 4.78 is 49.3. The van der Waals surface area contributed by atoms with Gasteiger partial charge in [0.05, 0.1) is 11.5 Å². The van der Waals surface area contributed by atoms with Gasteiger partial charge < -0.3 is 24.1 Å². The summed E-state index contributed by atoms with van der Waals surface area (Å²) in [5, 5.41) is 19.4. The molecule has 0 radical (unpaired) electrons. The van der Waals surface area contributed by atoms with E-state index in [0.717, 1.165) is 5.56 Å². The molecule has 2 aliphatic heterocycles. The van der Waals surface area contributed by atoms with Crippen LogP contribution < -0.4 is 0 Å². The van der Waals surface area contributed by atoms with Crippen molar-refractivity contribution in [2.75, 3.05) is 0 Å². The monoisotopic (exact) mass is 459 g/mol. The zero-order chi connectivity index (χ0) is 22.9. The van der Waals surface area contributed by atoms with Gasteiger partial charge in [0.2, 0.25) is 11.2 Å². The van der Waals surface area contributed by atoms with E-state index in [1.807, 2.05) is 30.3 Å². The van der Waals surface area contributed by atoms with E-state index in [0.29, 0.717) is 0 Å². The predicted molar refractivity (Wildman–Crippen MR) is 112 cm³/mol. The molecule has 0 bridgehead atoms. The molecule has 4 atom stereocenters. The summed E-state index contributed by atoms with van der Waals surface area (Å²) in [5.41, 5.74) is 0.895. The van der Waals surface area contributed by atoms with Crippen LogP contribution >= 0.6 is 0 Å². The average molecular weight is 460 g/mol. The van der Waals surface area contributed by atoms with E-state index in [2.05, 4.69) is 4.98 Å². The topological polar surface area (TPSA) is 119 Å². The van der Waals surface area contributed by atoms with Crippen LogP contribution in [0.4, 0.5) is 0 Å². The van der Waals surface area contributed by atoms with Gasteiger partial charge in [-0.1, -0.05) is 48.5 Å². The first-order valence-electron chi connectivity index (χ1n) is 9.98. The largest absolute Gasteiger partial charge is 0.518 e. The number of sulfone groups is 1. The molecule has 2 saturated heterocycles. The van der Waals surface area contributed by atoms with Gasteiger partial charge in [0.25, 0.3) is 9.84 Å². The summed E-state index contributed by atoms with van der Waals surface area (Å²) in [4.78, 5) is 2.73. The maximum atomic E-state index is 12.9. The molecule has 2 aromatic rings. The van der Waals surface area contributed by atoms with Crippen molar-refractivity contribution in [2.45, 2.75) is 55.7 Å². The van der Waals surface area contributed by atoms with Gasteiger partial charge in [-0.3, -0.25) is 0 Å². The SMILES string of the molecule is CC1(C)OC2C(OCc3ccccc3)OC(C(O)=C([N+]#N)S(=O)(=O)c3ccccc3)C2O1. The van der Waals surface area contributed by atoms with Crippen molar-refractivity contribution in [3.05, 3.63) is 82.0 Å². The lowest BCUT2D eigenvalue weighted by atomic mass is 10.1. The van der Waals surface area contributed by atoms with Crippen LogP contribution in [0.2, 0.25) is 0 Å². The average Bonchev–Trinajstić information content (AvgIpc) is 3.26. The van der Waals surface area contributed by atoms with E-state index in [1.165, 1.54) is 24.3 Å². The number of diazo groups is 1. The second kappa shape index (κ2) is 8.61. The Kier molecular flexibility index (Phi) is 6.03. The molecule has 10 heteroatoms. The third kappa shape index (κ3) is 4.26. The number of ether oxygens (including phenoxy) is 4. The van der Waals surface area contributed by atoms with Crippen LogP contribution in [-0.2, 0) is 35.4 Å². The van der Waals surface area contributed by atoms with Crippen molar-refractivity contribution in [1.29, 1.82) is 5.39 Å². The fourth-order valence-corrected chi connectivity index (χ4v) is 4.98. The van der Waals surface area contributed by atoms with Gasteiger partial charge in [0, 0.05) is 0 Å². The highest BCUT2D eigenvalue weighted by atomic mass is 32.2. The number of nitrogens with zero attached hydrogens (tertiary/aromatic N) is 2. The second-order valence-electron chi connectivity index (χ2n) is 7.89. The van der Waals surface area contributed by atoms with Crippen LogP contribution in [0.3, 0.4) is 0 Å². The van der Waals surface area contributed by atoms with Crippen molar-refractivity contribution in [1.82, 2.24) is 0 Å². The molecule has 0 amide bonds. The molecule has 32 heavy (non-hydrogen) atoms. The fraction of sp³-hybridized carbons (Fsp3) is 0.364. The molecule has 2 fully saturated rings. The molecule has 1 N–H and O–H groups in total. The van der Waals surface area contributed by atoms with Crippen molar-refractivity contribution >= 4 is 9.84 Å². The zero-order valence-corrected chi connectivity index (χ0v) is 18.3. The summed E-state index contributed by atoms with van der Waals surface area (Å²) in [6.07, 6.45) is -3.85. The van der Waals surface area contributed by atoms with E-state index in [1.54, 1.807) is 19.9 Å². The summed E-state index contributed by atoms with van der Waals surface area (Å²) in [6.45, 7) is 3.58. The van der Waals surface area contributed by atoms with Crippen molar-refractivity contribution in [2.24, 2.45) is 0 Å². The first kappa shape index (κ1) is 22.4. The number of aliphatic hydroxyl groups is 1. The van der Waals surface area contributed by atoms with Crippen LogP contribution in [0, 0.1) is 5.39 Å². The van der Waals surface area contributed by atoms with E-state index >= 15 is 0 Å². The Balaban J connectivity index is 1.64. The molecular weight excluding hydrogens is 436 g/mol. The lowest BCUT2D eigenvalue weighted by Crippen LogP contribution is -2.32. The normalized spacial score (nSPS) is 27.4. The second-order valence-corrected chi connectivity index (χ2v) is 9.76. The predicted octanol–water partition coefficient (Wildman–Crippen LogP) is 3.50. The minimum absolute atomic E-state index is 0.144. The Bertz CT molecular complexity index is 1140. The van der Waals surface area contributed by atoms with E-state index in [4.69, 9.17) is 18.9 Å². The Morgan fingerprint density at radius 2 is 1.66 bits per heavy atom. The van der Waals surface area contributed by atoms with Crippen LogP contribution in [0.1, 0.15) is 19.4 Å². The molecule has 2 heterocycles. The molecule has 0 aromatic heterocycles. The molecular formula is C22H23N2O7S+. The van der Waals surface area contributed by atoms with Crippen LogP contribution in [0.15, 0.2) is 76.3 Å². The number of hydrogen-bond acceptors (Lipinski definition) is 8. The summed E-state index contributed by atoms with van der Waals surface area (Å²) in [5.74, 6) is -1.81. The number of fused-ring (bicyclic) bond motifs is 1. The fourth-order valence-electron chi connectivity index (χ4n) is 3.74. The molecule has 2 aliphatic rings. The van der Waals surface area contributed by atoms with Gasteiger partial charge in [-0.05, 0) is 31.5 Å². The van der Waals surface area contributed by atoms with Crippen molar-refractivity contribution in [3.8, 4) is 0 Å². The van der Waals surface area contributed by atoms with Gasteiger partial charge in [0.15, 0.2) is 23.2 Å². The van der Waals surface area contributed by atoms with Crippen LogP contribution in [0.5, 0.6) is 0 Å². The highest BCUT2D eigenvalue weighted by Crippen LogP contribution is 2.42. The Hall–Kier alpha value is -2.81. The highest BCUT2D eigenvalue weighted by Gasteiger charge is 2.59. The van der Waals surface area contributed by atoms with E-state index < -0.39 is 51.0 Å². The van der Waals surface area contributed by atoms with Gasteiger partial charge >= 0.3 is 5.03 Å². The highest BCUT2D eigenvalue weighted by molar-refractivity contribution is 7.95. The van der Waals surface area contributed by atoms with Gasteiger partial charge in [0.1, 0.15) is 12.2 Å². The number of hydrogen-bond donors (Lipinski definition) is 1. The lowest BCUT2D eigenvalue weighted by molar-refractivity contribution is -0.234. The van der Waals surface area contributed by atoms with E-state index in [9.17, 15) is 18.9 Å². The third-order valence-corrected chi connectivity index (χ3v) is 6.85. The third-order valence-electron chi connectivity index (χ3n) is 5.16. The minimum atomic E-state index is -4.32. The zero-order valence-electron chi connectivity index (χ0n) is 17.5. The Morgan fingerprint density at radius 1 is 1.06 bits per heavy atom. The van der Waals surface area contributed by atoms with Crippen LogP contribution in [-0.4, -0.2) is 43.9 Å². The number of aliphatic hydroxyl groups excluding tert-OH is 1. The van der Waals surface area contributed by atoms with Gasteiger partial charge in [-0.15, -0.1) is 0 Å². The Morgan fingerprint density at radius 3 is 2.28 bits per heavy atom. The molecule has 0 aliphatic carbocycles. The van der Waals surface area contributed by atoms with Crippen molar-refractivity contribution < 1.29 is 32.5 Å². The summed E-state index contributed by atoms with van der Waals surface area (Å²) in [7, 11) is -4.32. The summed E-state index contributed by atoms with van der Waals surface area (Å²) in [6, 6.07) is 16.7. The summed E-state index contributed by atoms with van der Waals surface area (Å²) >= 11 is 0. The standard InChI is InChI=1S/C22H22N2O7S/c1-22(2)30-18-17(16(25)20(24-23)32(26,27)15-11-7-4-8-12-15)29-21(19(18)31-22)28-13-14-9-5-3-6-10-14/h3-12,17-19,21H,13H2,1-2H3/p+1. The lowest BCUT2D eigenvalue weighted by Gasteiger charge is -2.23. The number of rotatable bonds is 6. The minimum Gasteiger partial charge on any atom is -0.502 e. The molecule has 0 spiro atoms. The molecule has 4 rings (SSSR count). The first-order valence-corrected chi connectivity index (χ1v) is 11.5. The Labute approximate surface area is 185 Å². The molecule has 9 nitrogen and oxygen atoms in total.